The van der Waals surface area contributed by atoms with E-state index in [1.165, 1.54) is 13.1 Å². The highest BCUT2D eigenvalue weighted by Crippen LogP contribution is 2.40. The minimum atomic E-state index is -4.42. The summed E-state index contributed by atoms with van der Waals surface area (Å²) < 4.78 is 47.5. The molecule has 0 N–H and O–H groups in total. The number of alkyl halides is 3. The molecule has 0 amide bonds. The highest BCUT2D eigenvalue weighted by molar-refractivity contribution is 5.59. The number of hydrogen-bond donors (Lipinski definition) is 0. The number of morpholine rings is 1. The molecule has 4 rings (SSSR count). The molecule has 1 saturated heterocycles. The van der Waals surface area contributed by atoms with Crippen LogP contribution in [0.15, 0.2) is 18.5 Å². The van der Waals surface area contributed by atoms with Crippen LogP contribution in [-0.4, -0.2) is 51.8 Å². The third-order valence-corrected chi connectivity index (χ3v) is 6.01. The zero-order valence-electron chi connectivity index (χ0n) is 17.0. The lowest BCUT2D eigenvalue weighted by Crippen LogP contribution is -2.50. The summed E-state index contributed by atoms with van der Waals surface area (Å²) in [6.45, 7) is 9.03. The van der Waals surface area contributed by atoms with Crippen LogP contribution >= 0.6 is 0 Å². The lowest BCUT2D eigenvalue weighted by molar-refractivity contribution is -0.138. The van der Waals surface area contributed by atoms with Gasteiger partial charge in [0.2, 0.25) is 0 Å². The molecule has 158 valence electrons. The Morgan fingerprint density at radius 3 is 2.45 bits per heavy atom. The number of hydrogen-bond acceptors (Lipinski definition) is 4. The van der Waals surface area contributed by atoms with Gasteiger partial charge in [0.15, 0.2) is 0 Å². The van der Waals surface area contributed by atoms with E-state index in [0.717, 1.165) is 51.0 Å². The predicted octanol–water partition coefficient (Wildman–Crippen LogP) is 4.43. The van der Waals surface area contributed by atoms with E-state index in [4.69, 9.17) is 9.72 Å². The maximum Gasteiger partial charge on any atom is 0.418 e. The standard InChI is InChI=1S/C21H27F3N4O/c1-13(2)20-26-19(15-8-18(21(22,23)24)14(3)25-11-15)12-28(20)17-9-16(10-17)27-4-6-29-7-5-27/h8,11-13,16-17H,4-7,9-10H2,1-3H3. The summed E-state index contributed by atoms with van der Waals surface area (Å²) >= 11 is 0. The Morgan fingerprint density at radius 1 is 1.14 bits per heavy atom. The fourth-order valence-electron chi connectivity index (χ4n) is 4.25. The van der Waals surface area contributed by atoms with Crippen LogP contribution in [0.4, 0.5) is 13.2 Å². The first-order valence-corrected chi connectivity index (χ1v) is 10.2. The van der Waals surface area contributed by atoms with Crippen molar-refractivity contribution in [2.75, 3.05) is 26.3 Å². The van der Waals surface area contributed by atoms with Crippen LogP contribution in [0.25, 0.3) is 11.3 Å². The predicted molar refractivity (Wildman–Crippen MR) is 104 cm³/mol. The van der Waals surface area contributed by atoms with Crippen LogP contribution in [0.1, 0.15) is 55.7 Å². The van der Waals surface area contributed by atoms with Crippen molar-refractivity contribution in [3.63, 3.8) is 0 Å². The summed E-state index contributed by atoms with van der Waals surface area (Å²) in [5.41, 5.74) is 0.248. The highest BCUT2D eigenvalue weighted by atomic mass is 19.4. The van der Waals surface area contributed by atoms with E-state index >= 15 is 0 Å². The van der Waals surface area contributed by atoms with Crippen LogP contribution in [0, 0.1) is 6.92 Å². The van der Waals surface area contributed by atoms with Crippen molar-refractivity contribution < 1.29 is 17.9 Å². The molecule has 0 radical (unpaired) electrons. The van der Waals surface area contributed by atoms with Crippen LogP contribution in [0.3, 0.4) is 0 Å². The Bertz CT molecular complexity index is 865. The van der Waals surface area contributed by atoms with E-state index in [-0.39, 0.29) is 11.6 Å². The van der Waals surface area contributed by atoms with Gasteiger partial charge >= 0.3 is 6.18 Å². The van der Waals surface area contributed by atoms with Gasteiger partial charge in [-0.25, -0.2) is 4.98 Å². The number of imidazole rings is 1. The molecule has 0 bridgehead atoms. The minimum absolute atomic E-state index is 0.0166. The van der Waals surface area contributed by atoms with E-state index in [0.29, 0.717) is 23.3 Å². The molecule has 2 aromatic rings. The monoisotopic (exact) mass is 408 g/mol. The van der Waals surface area contributed by atoms with Gasteiger partial charge in [-0.2, -0.15) is 13.2 Å². The first-order chi connectivity index (χ1) is 13.7. The Hall–Kier alpha value is -1.93. The lowest BCUT2D eigenvalue weighted by Gasteiger charge is -2.45. The zero-order valence-corrected chi connectivity index (χ0v) is 17.0. The second-order valence-corrected chi connectivity index (χ2v) is 8.33. The van der Waals surface area contributed by atoms with E-state index in [2.05, 4.69) is 28.3 Å². The second kappa shape index (κ2) is 7.72. The van der Waals surface area contributed by atoms with Gasteiger partial charge in [0.1, 0.15) is 5.82 Å². The molecule has 2 aromatic heterocycles. The topological polar surface area (TPSA) is 43.2 Å². The van der Waals surface area contributed by atoms with Gasteiger partial charge in [0.05, 0.1) is 24.5 Å². The molecule has 1 saturated carbocycles. The molecular formula is C21H27F3N4O. The number of pyridine rings is 1. The molecular weight excluding hydrogens is 381 g/mol. The molecule has 0 aromatic carbocycles. The van der Waals surface area contributed by atoms with Crippen molar-refractivity contribution in [1.29, 1.82) is 0 Å². The molecule has 1 aliphatic carbocycles. The average molecular weight is 408 g/mol. The summed E-state index contributed by atoms with van der Waals surface area (Å²) in [4.78, 5) is 11.1. The molecule has 5 nitrogen and oxygen atoms in total. The molecule has 0 unspecified atom stereocenters. The van der Waals surface area contributed by atoms with Gasteiger partial charge in [-0.3, -0.25) is 9.88 Å². The van der Waals surface area contributed by atoms with Gasteiger partial charge < -0.3 is 9.30 Å². The molecule has 2 fully saturated rings. The van der Waals surface area contributed by atoms with Crippen LogP contribution < -0.4 is 0 Å². The van der Waals surface area contributed by atoms with Crippen LogP contribution in [-0.2, 0) is 10.9 Å². The fourth-order valence-corrected chi connectivity index (χ4v) is 4.25. The number of aromatic nitrogens is 3. The largest absolute Gasteiger partial charge is 0.418 e. The normalized spacial score (nSPS) is 23.4. The van der Waals surface area contributed by atoms with Crippen LogP contribution in [0.2, 0.25) is 0 Å². The van der Waals surface area contributed by atoms with Gasteiger partial charge in [-0.15, -0.1) is 0 Å². The SMILES string of the molecule is Cc1ncc(-c2cn(C3CC(N4CCOCC4)C3)c(C(C)C)n2)cc1C(F)(F)F. The minimum Gasteiger partial charge on any atom is -0.379 e. The molecule has 8 heteroatoms. The summed E-state index contributed by atoms with van der Waals surface area (Å²) in [6.07, 6.45) is 1.04. The van der Waals surface area contributed by atoms with E-state index in [9.17, 15) is 13.2 Å². The zero-order chi connectivity index (χ0) is 20.8. The van der Waals surface area contributed by atoms with Crippen molar-refractivity contribution in [1.82, 2.24) is 19.4 Å². The molecule has 0 spiro atoms. The Morgan fingerprint density at radius 2 is 1.83 bits per heavy atom. The van der Waals surface area contributed by atoms with Crippen molar-refractivity contribution in [3.8, 4) is 11.3 Å². The maximum atomic E-state index is 13.3. The van der Waals surface area contributed by atoms with Gasteiger partial charge in [-0.1, -0.05) is 13.8 Å². The number of rotatable bonds is 4. The third kappa shape index (κ3) is 4.05. The summed E-state index contributed by atoms with van der Waals surface area (Å²) in [6, 6.07) is 2.05. The lowest BCUT2D eigenvalue weighted by atomic mass is 9.84. The van der Waals surface area contributed by atoms with Gasteiger partial charge in [0, 0.05) is 54.7 Å². The van der Waals surface area contributed by atoms with Crippen molar-refractivity contribution >= 4 is 0 Å². The summed E-state index contributed by atoms with van der Waals surface area (Å²) in [7, 11) is 0. The second-order valence-electron chi connectivity index (χ2n) is 8.33. The van der Waals surface area contributed by atoms with Crippen molar-refractivity contribution in [2.45, 2.75) is 57.8 Å². The first-order valence-electron chi connectivity index (χ1n) is 10.2. The van der Waals surface area contributed by atoms with Crippen LogP contribution in [0.5, 0.6) is 0 Å². The molecule has 3 heterocycles. The summed E-state index contributed by atoms with van der Waals surface area (Å²) in [5, 5.41) is 0. The Kier molecular flexibility index (Phi) is 5.42. The number of halogens is 3. The average Bonchev–Trinajstić information content (AvgIpc) is 3.06. The molecule has 0 atom stereocenters. The quantitative estimate of drug-likeness (QED) is 0.751. The fraction of sp³-hybridized carbons (Fsp3) is 0.619. The third-order valence-electron chi connectivity index (χ3n) is 6.01. The Labute approximate surface area is 168 Å². The van der Waals surface area contributed by atoms with Crippen molar-refractivity contribution in [3.05, 3.63) is 35.5 Å². The van der Waals surface area contributed by atoms with Gasteiger partial charge in [-0.05, 0) is 25.8 Å². The molecule has 29 heavy (non-hydrogen) atoms. The number of aryl methyl sites for hydroxylation is 1. The van der Waals surface area contributed by atoms with Gasteiger partial charge in [0.25, 0.3) is 0 Å². The van der Waals surface area contributed by atoms with E-state index < -0.39 is 11.7 Å². The highest BCUT2D eigenvalue weighted by Gasteiger charge is 2.37. The van der Waals surface area contributed by atoms with E-state index in [1.807, 2.05) is 6.20 Å². The summed E-state index contributed by atoms with van der Waals surface area (Å²) in [5.74, 6) is 1.10. The number of nitrogens with zero attached hydrogens (tertiary/aromatic N) is 4. The van der Waals surface area contributed by atoms with E-state index in [1.54, 1.807) is 0 Å². The molecule has 1 aliphatic heterocycles. The smallest absolute Gasteiger partial charge is 0.379 e. The Balaban J connectivity index is 1.58. The maximum absolute atomic E-state index is 13.3. The van der Waals surface area contributed by atoms with Crippen molar-refractivity contribution in [2.24, 2.45) is 0 Å². The number of ether oxygens (including phenoxy) is 1. The molecule has 2 aliphatic rings. The first kappa shape index (κ1) is 20.3.